The standard InChI is InChI=1S/C21H25.2C7H7.C6H5.C6H11.C5H5.CH2.Hf/c1-20(2,3)16-7-9-18-14(12-16)11-15-13-17(21(4,5)6)8-10-19(15)18;2*1-7-5-3-2-4-6-7;1-2-4-6-5-3-1;1-3-5-6-4-2;1-2-4-5-3-1;;/h7-13H,1-6H3;2*2-6H,1H2;1-5H;3H,1-2,4-6H2;1-3H,4H2;1H2;. The molecule has 0 radical (unpaired) electrons. The van der Waals surface area contributed by atoms with E-state index in [0.29, 0.717) is 0 Å². The van der Waals surface area contributed by atoms with Crippen LogP contribution < -0.4 is 3.32 Å². The molecular formula is C53H62Hf. The number of benzene rings is 5. The minimum atomic E-state index is -6.65. The topological polar surface area (TPSA) is 0 Å². The van der Waals surface area contributed by atoms with Crippen LogP contribution in [0.25, 0.3) is 11.1 Å². The Morgan fingerprint density at radius 2 is 1.11 bits per heavy atom. The SMILES string of the molecule is C=CCCC[CH2][Hf](=[CH2])([CH2]c1ccccc1)([CH2]c1ccccc1)([C]1=CC=CC1)([c]1ccccc1)[CH]1c2cc(C(C)(C)C)ccc2-c2ccc(C(C)(C)C)cc21. The molecule has 0 amide bonds. The third kappa shape index (κ3) is 5.50. The van der Waals surface area contributed by atoms with E-state index in [1.54, 1.807) is 3.33 Å². The van der Waals surface area contributed by atoms with E-state index in [1.807, 2.05) is 0 Å². The minimum absolute atomic E-state index is 0.0137. The van der Waals surface area contributed by atoms with Crippen LogP contribution in [0.15, 0.2) is 162 Å². The van der Waals surface area contributed by atoms with Crippen LogP contribution in [0, 0.1) is 0 Å². The molecule has 0 saturated heterocycles. The van der Waals surface area contributed by atoms with E-state index in [1.165, 1.54) is 47.8 Å². The molecule has 7 rings (SSSR count). The molecular weight excluding hydrogens is 815 g/mol. The summed E-state index contributed by atoms with van der Waals surface area (Å²) < 4.78 is 12.6. The van der Waals surface area contributed by atoms with Crippen molar-refractivity contribution in [2.45, 2.75) is 94.3 Å². The maximum atomic E-state index is 6.53. The van der Waals surface area contributed by atoms with Crippen molar-refractivity contribution in [3.63, 3.8) is 0 Å². The van der Waals surface area contributed by atoms with Crippen LogP contribution in [0.3, 0.4) is 0 Å². The van der Waals surface area contributed by atoms with Crippen molar-refractivity contribution in [3.05, 3.63) is 195 Å². The molecule has 0 fully saturated rings. The van der Waals surface area contributed by atoms with Crippen LogP contribution in [0.1, 0.15) is 104 Å². The quantitative estimate of drug-likeness (QED) is 0.0665. The normalized spacial score (nSPS) is 16.4. The second-order valence-electron chi connectivity index (χ2n) is 20.2. The zero-order valence-corrected chi connectivity index (χ0v) is 37.5. The molecule has 0 atom stereocenters. The predicted octanol–water partition coefficient (Wildman–Crippen LogP) is 13.9. The van der Waals surface area contributed by atoms with E-state index < -0.39 is 15.1 Å². The molecule has 54 heavy (non-hydrogen) atoms. The summed E-state index contributed by atoms with van der Waals surface area (Å²) in [7, 11) is 0. The molecule has 0 aromatic heterocycles. The molecule has 2 aliphatic rings. The number of hydrogen-bond donors (Lipinski definition) is 0. The van der Waals surface area contributed by atoms with Gasteiger partial charge in [-0.2, -0.15) is 0 Å². The van der Waals surface area contributed by atoms with E-state index in [9.17, 15) is 0 Å². The van der Waals surface area contributed by atoms with Gasteiger partial charge in [0.25, 0.3) is 0 Å². The molecule has 5 aromatic carbocycles. The van der Waals surface area contributed by atoms with Crippen molar-refractivity contribution >= 4 is 7.58 Å². The molecule has 1 heteroatoms. The van der Waals surface area contributed by atoms with Crippen LogP contribution in [0.4, 0.5) is 0 Å². The number of allylic oxidation sites excluding steroid dienone is 5. The molecule has 0 spiro atoms. The summed E-state index contributed by atoms with van der Waals surface area (Å²) in [5.41, 5.74) is 11.3. The fraction of sp³-hybridized carbons (Fsp3) is 0.302. The first-order chi connectivity index (χ1) is 25.6. The van der Waals surface area contributed by atoms with Gasteiger partial charge in [0.05, 0.1) is 0 Å². The maximum absolute atomic E-state index is 6.65. The number of unbranched alkanes of at least 4 members (excludes halogenated alkanes) is 2. The predicted molar refractivity (Wildman–Crippen MR) is 235 cm³/mol. The Kier molecular flexibility index (Phi) is 9.09. The Balaban J connectivity index is 1.83. The Hall–Kier alpha value is -3.94. The first kappa shape index (κ1) is 38.3. The molecule has 0 unspecified atom stereocenters. The zero-order valence-electron chi connectivity index (χ0n) is 33.9. The summed E-state index contributed by atoms with van der Waals surface area (Å²) in [5.74, 6) is 0. The average Bonchev–Trinajstić information content (AvgIpc) is 3.83. The van der Waals surface area contributed by atoms with Gasteiger partial charge in [0.1, 0.15) is 0 Å². The molecule has 2 aliphatic carbocycles. The average molecular weight is 878 g/mol. The Labute approximate surface area is 321 Å². The summed E-state index contributed by atoms with van der Waals surface area (Å²) in [5, 5.41) is 0. The van der Waals surface area contributed by atoms with Crippen molar-refractivity contribution in [1.82, 2.24) is 0 Å². The second-order valence-corrected chi connectivity index (χ2v) is 60.8. The van der Waals surface area contributed by atoms with E-state index in [4.69, 9.17) is 4.26 Å². The fourth-order valence-electron chi connectivity index (χ4n) is 12.3. The summed E-state index contributed by atoms with van der Waals surface area (Å²) in [4.78, 5) is 0. The van der Waals surface area contributed by atoms with Gasteiger partial charge in [0, 0.05) is 0 Å². The molecule has 278 valence electrons. The van der Waals surface area contributed by atoms with Crippen LogP contribution in [-0.4, -0.2) is 4.26 Å². The third-order valence-electron chi connectivity index (χ3n) is 14.9. The van der Waals surface area contributed by atoms with Gasteiger partial charge in [0.2, 0.25) is 0 Å². The summed E-state index contributed by atoms with van der Waals surface area (Å²) in [6, 6.07) is 50.0. The van der Waals surface area contributed by atoms with Gasteiger partial charge in [-0.3, -0.25) is 0 Å². The van der Waals surface area contributed by atoms with Gasteiger partial charge in [-0.05, 0) is 0 Å². The summed E-state index contributed by atoms with van der Waals surface area (Å²) in [6.07, 6.45) is 13.6. The van der Waals surface area contributed by atoms with Crippen LogP contribution in [0.2, 0.25) is 4.18 Å². The first-order valence-corrected chi connectivity index (χ1v) is 36.3. The molecule has 0 nitrogen and oxygen atoms in total. The van der Waals surface area contributed by atoms with Crippen molar-refractivity contribution in [2.24, 2.45) is 0 Å². The monoisotopic (exact) mass is 878 g/mol. The van der Waals surface area contributed by atoms with Gasteiger partial charge >= 0.3 is 323 Å². The van der Waals surface area contributed by atoms with Gasteiger partial charge in [-0.25, -0.2) is 0 Å². The van der Waals surface area contributed by atoms with Crippen molar-refractivity contribution in [3.8, 4) is 11.1 Å². The van der Waals surface area contributed by atoms with Crippen molar-refractivity contribution < 1.29 is 15.1 Å². The molecule has 0 saturated carbocycles. The van der Waals surface area contributed by atoms with E-state index >= 15 is 0 Å². The molecule has 0 bridgehead atoms. The molecule has 0 heterocycles. The van der Waals surface area contributed by atoms with Crippen LogP contribution in [-0.2, 0) is 34.3 Å². The van der Waals surface area contributed by atoms with Crippen molar-refractivity contribution in [2.75, 3.05) is 0 Å². The first-order valence-electron chi connectivity index (χ1n) is 20.5. The number of rotatable bonds is 12. The Morgan fingerprint density at radius 1 is 0.630 bits per heavy atom. The fourth-order valence-corrected chi connectivity index (χ4v) is 65.4. The van der Waals surface area contributed by atoms with Crippen LogP contribution >= 0.6 is 0 Å². The van der Waals surface area contributed by atoms with Crippen molar-refractivity contribution in [1.29, 1.82) is 0 Å². The molecule has 0 aliphatic heterocycles. The summed E-state index contributed by atoms with van der Waals surface area (Å²) in [6.45, 7) is 18.4. The molecule has 5 aromatic rings. The van der Waals surface area contributed by atoms with E-state index in [-0.39, 0.29) is 14.5 Å². The Bertz CT molecular complexity index is 2280. The number of hydrogen-bond acceptors (Lipinski definition) is 0. The summed E-state index contributed by atoms with van der Waals surface area (Å²) >= 11 is -6.65. The van der Waals surface area contributed by atoms with Gasteiger partial charge in [0.15, 0.2) is 0 Å². The van der Waals surface area contributed by atoms with Gasteiger partial charge < -0.3 is 0 Å². The molecule has 0 N–H and O–H groups in total. The third-order valence-corrected chi connectivity index (χ3v) is 65.0. The zero-order chi connectivity index (χ0) is 38.4. The van der Waals surface area contributed by atoms with Crippen LogP contribution in [0.5, 0.6) is 0 Å². The van der Waals surface area contributed by atoms with E-state index in [0.717, 1.165) is 38.2 Å². The van der Waals surface area contributed by atoms with Gasteiger partial charge in [-0.15, -0.1) is 0 Å². The Morgan fingerprint density at radius 3 is 1.54 bits per heavy atom. The van der Waals surface area contributed by atoms with E-state index in [2.05, 4.69) is 200 Å². The number of fused-ring (bicyclic) bond motifs is 3. The van der Waals surface area contributed by atoms with Gasteiger partial charge in [-0.1, -0.05) is 0 Å². The second kappa shape index (κ2) is 12.8.